The molecule has 0 saturated carbocycles. The Kier molecular flexibility index (Phi) is 3.12. The van der Waals surface area contributed by atoms with Crippen molar-refractivity contribution in [1.82, 2.24) is 4.98 Å². The first-order chi connectivity index (χ1) is 5.77. The van der Waals surface area contributed by atoms with Crippen LogP contribution in [0.15, 0.2) is 16.7 Å². The molecule has 0 N–H and O–H groups in total. The van der Waals surface area contributed by atoms with E-state index in [-0.39, 0.29) is 0 Å². The monoisotopic (exact) mass is 225 g/mol. The van der Waals surface area contributed by atoms with Crippen LogP contribution in [0.2, 0.25) is 0 Å². The van der Waals surface area contributed by atoms with Crippen LogP contribution in [-0.4, -0.2) is 12.1 Å². The quantitative estimate of drug-likeness (QED) is 0.720. The van der Waals surface area contributed by atoms with Crippen molar-refractivity contribution in [2.75, 3.05) is 7.11 Å². The van der Waals surface area contributed by atoms with Crippen LogP contribution in [0, 0.1) is 12.3 Å². The number of hydrogen-bond donors (Lipinski definition) is 0. The third kappa shape index (κ3) is 1.99. The highest BCUT2D eigenvalue weighted by atomic mass is 79.9. The van der Waals surface area contributed by atoms with Crippen molar-refractivity contribution in [2.24, 2.45) is 0 Å². The van der Waals surface area contributed by atoms with E-state index in [1.807, 2.05) is 6.07 Å². The summed E-state index contributed by atoms with van der Waals surface area (Å²) in [5.41, 5.74) is 0.925. The molecule has 1 rings (SSSR count). The molecule has 3 heteroatoms. The fourth-order valence-electron chi connectivity index (χ4n) is 0.889. The summed E-state index contributed by atoms with van der Waals surface area (Å²) in [5, 5.41) is 0. The summed E-state index contributed by atoms with van der Waals surface area (Å²) in [4.78, 5) is 4.05. The van der Waals surface area contributed by atoms with Gasteiger partial charge in [0.05, 0.1) is 7.11 Å². The predicted octanol–water partition coefficient (Wildman–Crippen LogP) is 2.03. The first-order valence-electron chi connectivity index (χ1n) is 3.39. The maximum absolute atomic E-state index is 5.19. The highest BCUT2D eigenvalue weighted by Gasteiger charge is 2.02. The zero-order chi connectivity index (χ0) is 8.97. The Labute approximate surface area is 80.1 Å². The lowest BCUT2D eigenvalue weighted by molar-refractivity contribution is 0.393. The average molecular weight is 226 g/mol. The molecular formula is C9H8BrNO. The van der Waals surface area contributed by atoms with E-state index in [4.69, 9.17) is 11.2 Å². The molecular weight excluding hydrogens is 218 g/mol. The Bertz CT molecular complexity index is 317. The van der Waals surface area contributed by atoms with Crippen molar-refractivity contribution in [2.45, 2.75) is 6.42 Å². The largest absolute Gasteiger partial charge is 0.481 e. The van der Waals surface area contributed by atoms with Crippen molar-refractivity contribution >= 4 is 15.9 Å². The summed E-state index contributed by atoms with van der Waals surface area (Å²) in [6.07, 6.45) is 7.40. The van der Waals surface area contributed by atoms with Gasteiger partial charge in [0.15, 0.2) is 0 Å². The van der Waals surface area contributed by atoms with Crippen LogP contribution in [0.4, 0.5) is 0 Å². The Balaban J connectivity index is 3.05. The van der Waals surface area contributed by atoms with Gasteiger partial charge >= 0.3 is 0 Å². The zero-order valence-corrected chi connectivity index (χ0v) is 8.26. The minimum Gasteiger partial charge on any atom is -0.481 e. The van der Waals surface area contributed by atoms with Gasteiger partial charge in [0, 0.05) is 22.7 Å². The summed E-state index contributed by atoms with van der Waals surface area (Å²) < 4.78 is 5.94. The molecule has 0 atom stereocenters. The van der Waals surface area contributed by atoms with Gasteiger partial charge in [0.2, 0.25) is 5.88 Å². The van der Waals surface area contributed by atoms with E-state index >= 15 is 0 Å². The molecule has 1 aromatic rings. The first kappa shape index (κ1) is 9.08. The lowest BCUT2D eigenvalue weighted by Gasteiger charge is -2.03. The molecule has 0 amide bonds. The smallest absolute Gasteiger partial charge is 0.217 e. The third-order valence-electron chi connectivity index (χ3n) is 1.38. The molecule has 0 spiro atoms. The Morgan fingerprint density at radius 2 is 2.50 bits per heavy atom. The molecule has 12 heavy (non-hydrogen) atoms. The van der Waals surface area contributed by atoms with Crippen molar-refractivity contribution in [3.8, 4) is 18.2 Å². The molecule has 0 saturated heterocycles. The molecule has 0 aromatic carbocycles. The minimum absolute atomic E-state index is 0.537. The molecule has 0 aliphatic heterocycles. The molecule has 0 radical (unpaired) electrons. The van der Waals surface area contributed by atoms with Gasteiger partial charge in [-0.1, -0.05) is 0 Å². The number of rotatable bonds is 2. The van der Waals surface area contributed by atoms with Crippen molar-refractivity contribution < 1.29 is 4.74 Å². The van der Waals surface area contributed by atoms with E-state index in [1.54, 1.807) is 13.3 Å². The van der Waals surface area contributed by atoms with Gasteiger partial charge in [0.1, 0.15) is 0 Å². The summed E-state index contributed by atoms with van der Waals surface area (Å²) >= 11 is 3.31. The molecule has 0 aliphatic carbocycles. The van der Waals surface area contributed by atoms with E-state index in [9.17, 15) is 0 Å². The van der Waals surface area contributed by atoms with Gasteiger partial charge in [-0.2, -0.15) is 0 Å². The highest BCUT2D eigenvalue weighted by molar-refractivity contribution is 9.10. The third-order valence-corrected chi connectivity index (χ3v) is 1.81. The van der Waals surface area contributed by atoms with Crippen molar-refractivity contribution in [1.29, 1.82) is 0 Å². The number of terminal acetylenes is 1. The summed E-state index contributed by atoms with van der Waals surface area (Å²) in [7, 11) is 1.58. The maximum atomic E-state index is 5.19. The van der Waals surface area contributed by atoms with Gasteiger partial charge in [-0.15, -0.1) is 12.3 Å². The van der Waals surface area contributed by atoms with Gasteiger partial charge < -0.3 is 4.74 Å². The lowest BCUT2D eigenvalue weighted by Crippen LogP contribution is -1.93. The number of aromatic nitrogens is 1. The van der Waals surface area contributed by atoms with Crippen molar-refractivity contribution in [3.05, 3.63) is 22.3 Å². The SMILES string of the molecule is C#CCc1cc(Br)cnc1OC. The summed E-state index contributed by atoms with van der Waals surface area (Å²) in [6.45, 7) is 0. The van der Waals surface area contributed by atoms with E-state index in [0.29, 0.717) is 12.3 Å². The normalized spacial score (nSPS) is 9.08. The van der Waals surface area contributed by atoms with Crippen LogP contribution in [0.5, 0.6) is 5.88 Å². The van der Waals surface area contributed by atoms with Crippen LogP contribution in [0.1, 0.15) is 5.56 Å². The van der Waals surface area contributed by atoms with Gasteiger partial charge in [0.25, 0.3) is 0 Å². The molecule has 0 fully saturated rings. The maximum Gasteiger partial charge on any atom is 0.217 e. The van der Waals surface area contributed by atoms with Crippen LogP contribution >= 0.6 is 15.9 Å². The summed E-state index contributed by atoms with van der Waals surface area (Å²) in [6, 6.07) is 1.91. The highest BCUT2D eigenvalue weighted by Crippen LogP contribution is 2.19. The number of halogens is 1. The van der Waals surface area contributed by atoms with Gasteiger partial charge in [-0.05, 0) is 22.0 Å². The Hall–Kier alpha value is -1.01. The molecule has 0 unspecified atom stereocenters. The minimum atomic E-state index is 0.537. The van der Waals surface area contributed by atoms with E-state index < -0.39 is 0 Å². The topological polar surface area (TPSA) is 22.1 Å². The predicted molar refractivity (Wildman–Crippen MR) is 51.0 cm³/mol. The Morgan fingerprint density at radius 1 is 1.75 bits per heavy atom. The second-order valence-electron chi connectivity index (χ2n) is 2.20. The number of pyridine rings is 1. The van der Waals surface area contributed by atoms with Crippen molar-refractivity contribution in [3.63, 3.8) is 0 Å². The van der Waals surface area contributed by atoms with Gasteiger partial charge in [-0.3, -0.25) is 0 Å². The standard InChI is InChI=1S/C9H8BrNO/c1-3-4-7-5-8(10)6-11-9(7)12-2/h1,5-6H,4H2,2H3. The lowest BCUT2D eigenvalue weighted by atomic mass is 10.2. The number of hydrogen-bond acceptors (Lipinski definition) is 2. The molecule has 2 nitrogen and oxygen atoms in total. The molecule has 1 heterocycles. The number of methoxy groups -OCH3 is 1. The fourth-order valence-corrected chi connectivity index (χ4v) is 1.27. The summed E-state index contributed by atoms with van der Waals surface area (Å²) in [5.74, 6) is 3.14. The second kappa shape index (κ2) is 4.13. The number of nitrogens with zero attached hydrogens (tertiary/aromatic N) is 1. The van der Waals surface area contributed by atoms with E-state index in [1.165, 1.54) is 0 Å². The van der Waals surface area contributed by atoms with Gasteiger partial charge in [-0.25, -0.2) is 4.98 Å². The molecule has 1 aromatic heterocycles. The first-order valence-corrected chi connectivity index (χ1v) is 4.19. The van der Waals surface area contributed by atoms with Crippen LogP contribution in [-0.2, 0) is 6.42 Å². The number of ether oxygens (including phenoxy) is 1. The average Bonchev–Trinajstić information content (AvgIpc) is 2.05. The Morgan fingerprint density at radius 3 is 3.08 bits per heavy atom. The van der Waals surface area contributed by atoms with Crippen LogP contribution in [0.3, 0.4) is 0 Å². The fraction of sp³-hybridized carbons (Fsp3) is 0.222. The van der Waals surface area contributed by atoms with Crippen LogP contribution < -0.4 is 4.74 Å². The van der Waals surface area contributed by atoms with E-state index in [0.717, 1.165) is 10.0 Å². The zero-order valence-electron chi connectivity index (χ0n) is 6.67. The van der Waals surface area contributed by atoms with Crippen LogP contribution in [0.25, 0.3) is 0 Å². The molecule has 62 valence electrons. The van der Waals surface area contributed by atoms with E-state index in [2.05, 4.69) is 26.8 Å². The molecule has 0 bridgehead atoms. The second-order valence-corrected chi connectivity index (χ2v) is 3.12. The molecule has 0 aliphatic rings.